The molecule has 4 aromatic rings. The first-order valence-electron chi connectivity index (χ1n) is 10.7. The number of nitrogens with zero attached hydrogens (tertiary/aromatic N) is 3. The lowest BCUT2D eigenvalue weighted by Gasteiger charge is -2.34. The van der Waals surface area contributed by atoms with Gasteiger partial charge >= 0.3 is 0 Å². The van der Waals surface area contributed by atoms with E-state index in [2.05, 4.69) is 50.1 Å². The summed E-state index contributed by atoms with van der Waals surface area (Å²) in [5.74, 6) is 0.929. The number of rotatable bonds is 6. The lowest BCUT2D eigenvalue weighted by Crippen LogP contribution is -2.47. The van der Waals surface area contributed by atoms with Crippen molar-refractivity contribution in [2.24, 2.45) is 0 Å². The Kier molecular flexibility index (Phi) is 5.39. The van der Waals surface area contributed by atoms with E-state index in [-0.39, 0.29) is 0 Å². The van der Waals surface area contributed by atoms with E-state index in [0.717, 1.165) is 61.6 Å². The topological polar surface area (TPSA) is 44.4 Å². The third-order valence-corrected chi connectivity index (χ3v) is 5.98. The maximum absolute atomic E-state index is 6.12. The van der Waals surface area contributed by atoms with Crippen molar-refractivity contribution in [1.82, 2.24) is 19.8 Å². The lowest BCUT2D eigenvalue weighted by molar-refractivity contribution is 0.113. The van der Waals surface area contributed by atoms with Gasteiger partial charge in [-0.2, -0.15) is 0 Å². The van der Waals surface area contributed by atoms with Crippen molar-refractivity contribution in [1.29, 1.82) is 0 Å². The second kappa shape index (κ2) is 8.46. The van der Waals surface area contributed by atoms with Crippen molar-refractivity contribution in [3.63, 3.8) is 0 Å². The molecule has 5 nitrogen and oxygen atoms in total. The number of H-pyrrole nitrogens is 1. The molecule has 3 heterocycles. The first-order chi connectivity index (χ1) is 14.7. The fourth-order valence-electron chi connectivity index (χ4n) is 4.27. The highest BCUT2D eigenvalue weighted by molar-refractivity contribution is 5.85. The van der Waals surface area contributed by atoms with Crippen LogP contribution < -0.4 is 4.74 Å². The molecule has 1 aliphatic rings. The Bertz CT molecular complexity index is 1140. The molecule has 2 aromatic carbocycles. The SMILES string of the molecule is Cc1ccc2c(OCCN3CCN(Cc4ccc5[nH]ccc5c4)CC3)cccc2n1. The molecular formula is C25H28N4O. The Morgan fingerprint density at radius 2 is 1.83 bits per heavy atom. The van der Waals surface area contributed by atoms with Gasteiger partial charge in [0.15, 0.2) is 0 Å². The number of hydrogen-bond donors (Lipinski definition) is 1. The number of fused-ring (bicyclic) bond motifs is 2. The third kappa shape index (κ3) is 4.18. The summed E-state index contributed by atoms with van der Waals surface area (Å²) in [7, 11) is 0. The van der Waals surface area contributed by atoms with Gasteiger partial charge in [-0.15, -0.1) is 0 Å². The molecule has 0 aliphatic carbocycles. The Labute approximate surface area is 177 Å². The molecule has 0 spiro atoms. The van der Waals surface area contributed by atoms with Gasteiger partial charge in [0.2, 0.25) is 0 Å². The number of aryl methyl sites for hydroxylation is 1. The third-order valence-electron chi connectivity index (χ3n) is 5.98. The van der Waals surface area contributed by atoms with Crippen LogP contribution in [0.2, 0.25) is 0 Å². The number of nitrogens with one attached hydrogen (secondary N) is 1. The second-order valence-electron chi connectivity index (χ2n) is 8.14. The van der Waals surface area contributed by atoms with Gasteiger partial charge in [-0.25, -0.2) is 0 Å². The van der Waals surface area contributed by atoms with Crippen molar-refractivity contribution in [3.8, 4) is 5.75 Å². The molecule has 154 valence electrons. The zero-order valence-corrected chi connectivity index (χ0v) is 17.5. The average molecular weight is 401 g/mol. The number of piperazine rings is 1. The molecule has 1 fully saturated rings. The molecule has 0 unspecified atom stereocenters. The van der Waals surface area contributed by atoms with Crippen LogP contribution in [-0.2, 0) is 6.54 Å². The quantitative estimate of drug-likeness (QED) is 0.526. The van der Waals surface area contributed by atoms with Crippen LogP contribution in [0.15, 0.2) is 60.8 Å². The molecule has 2 aromatic heterocycles. The van der Waals surface area contributed by atoms with Crippen LogP contribution in [0.4, 0.5) is 0 Å². The zero-order chi connectivity index (χ0) is 20.3. The highest BCUT2D eigenvalue weighted by Crippen LogP contribution is 2.24. The molecule has 0 amide bonds. The summed E-state index contributed by atoms with van der Waals surface area (Å²) in [6.45, 7) is 9.08. The normalized spacial score (nSPS) is 15.8. The Morgan fingerprint density at radius 3 is 2.73 bits per heavy atom. The molecular weight excluding hydrogens is 372 g/mol. The molecule has 1 saturated heterocycles. The predicted molar refractivity (Wildman–Crippen MR) is 122 cm³/mol. The van der Waals surface area contributed by atoms with Crippen LogP contribution in [-0.4, -0.2) is 59.1 Å². The molecule has 5 heteroatoms. The van der Waals surface area contributed by atoms with E-state index in [1.807, 2.05) is 37.4 Å². The first kappa shape index (κ1) is 19.1. The smallest absolute Gasteiger partial charge is 0.128 e. The summed E-state index contributed by atoms with van der Waals surface area (Å²) in [5.41, 5.74) is 4.63. The average Bonchev–Trinajstić information content (AvgIpc) is 3.23. The molecule has 1 aliphatic heterocycles. The zero-order valence-electron chi connectivity index (χ0n) is 17.5. The Balaban J connectivity index is 1.11. The van der Waals surface area contributed by atoms with Gasteiger partial charge in [-0.1, -0.05) is 12.1 Å². The number of aromatic amines is 1. The first-order valence-corrected chi connectivity index (χ1v) is 10.7. The van der Waals surface area contributed by atoms with Gasteiger partial charge in [0, 0.05) is 62.1 Å². The maximum Gasteiger partial charge on any atom is 0.128 e. The van der Waals surface area contributed by atoms with Gasteiger partial charge < -0.3 is 9.72 Å². The molecule has 5 rings (SSSR count). The summed E-state index contributed by atoms with van der Waals surface area (Å²) < 4.78 is 6.12. The van der Waals surface area contributed by atoms with Crippen LogP contribution in [0, 0.1) is 6.92 Å². The second-order valence-corrected chi connectivity index (χ2v) is 8.14. The van der Waals surface area contributed by atoms with Crippen molar-refractivity contribution in [2.75, 3.05) is 39.3 Å². The number of ether oxygens (including phenoxy) is 1. The predicted octanol–water partition coefficient (Wildman–Crippen LogP) is 4.22. The van der Waals surface area contributed by atoms with Crippen LogP contribution >= 0.6 is 0 Å². The van der Waals surface area contributed by atoms with Crippen molar-refractivity contribution >= 4 is 21.8 Å². The standard InChI is InChI=1S/C25H28N4O/c1-19-5-7-22-24(27-19)3-2-4-25(22)30-16-15-28-11-13-29(14-12-28)18-20-6-8-23-21(17-20)9-10-26-23/h2-10,17,26H,11-16,18H2,1H3. The molecule has 0 bridgehead atoms. The summed E-state index contributed by atoms with van der Waals surface area (Å²) in [4.78, 5) is 12.9. The fraction of sp³-hybridized carbons (Fsp3) is 0.320. The fourth-order valence-corrected chi connectivity index (χ4v) is 4.27. The molecule has 1 N–H and O–H groups in total. The lowest BCUT2D eigenvalue weighted by atomic mass is 10.1. The van der Waals surface area contributed by atoms with Crippen molar-refractivity contribution < 1.29 is 4.74 Å². The van der Waals surface area contributed by atoms with Gasteiger partial charge in [0.1, 0.15) is 12.4 Å². The van der Waals surface area contributed by atoms with E-state index in [1.54, 1.807) is 0 Å². The van der Waals surface area contributed by atoms with Crippen molar-refractivity contribution in [3.05, 3.63) is 72.1 Å². The van der Waals surface area contributed by atoms with E-state index in [1.165, 1.54) is 16.5 Å². The summed E-state index contributed by atoms with van der Waals surface area (Å²) >= 11 is 0. The monoisotopic (exact) mass is 400 g/mol. The van der Waals surface area contributed by atoms with E-state index in [0.29, 0.717) is 6.61 Å². The minimum Gasteiger partial charge on any atom is -0.492 e. The van der Waals surface area contributed by atoms with E-state index in [4.69, 9.17) is 4.74 Å². The van der Waals surface area contributed by atoms with Gasteiger partial charge in [-0.05, 0) is 60.3 Å². The molecule has 0 radical (unpaired) electrons. The van der Waals surface area contributed by atoms with Gasteiger partial charge in [-0.3, -0.25) is 14.8 Å². The summed E-state index contributed by atoms with van der Waals surface area (Å²) in [6, 6.07) is 19.1. The number of hydrogen-bond acceptors (Lipinski definition) is 4. The minimum atomic E-state index is 0.706. The highest BCUT2D eigenvalue weighted by atomic mass is 16.5. The van der Waals surface area contributed by atoms with Gasteiger partial charge in [0.05, 0.1) is 5.52 Å². The Hall–Kier alpha value is -2.89. The Morgan fingerprint density at radius 1 is 0.967 bits per heavy atom. The van der Waals surface area contributed by atoms with Crippen LogP contribution in [0.3, 0.4) is 0 Å². The summed E-state index contributed by atoms with van der Waals surface area (Å²) in [6.07, 6.45) is 2.01. The number of pyridine rings is 1. The molecule has 0 saturated carbocycles. The highest BCUT2D eigenvalue weighted by Gasteiger charge is 2.17. The largest absolute Gasteiger partial charge is 0.492 e. The van der Waals surface area contributed by atoms with Gasteiger partial charge in [0.25, 0.3) is 0 Å². The van der Waals surface area contributed by atoms with Crippen LogP contribution in [0.5, 0.6) is 5.75 Å². The van der Waals surface area contributed by atoms with Crippen molar-refractivity contribution in [2.45, 2.75) is 13.5 Å². The van der Waals surface area contributed by atoms with E-state index >= 15 is 0 Å². The minimum absolute atomic E-state index is 0.706. The van der Waals surface area contributed by atoms with E-state index < -0.39 is 0 Å². The summed E-state index contributed by atoms with van der Waals surface area (Å²) in [5, 5.41) is 2.38. The number of aromatic nitrogens is 2. The van der Waals surface area contributed by atoms with E-state index in [9.17, 15) is 0 Å². The number of benzene rings is 2. The van der Waals surface area contributed by atoms with Crippen LogP contribution in [0.1, 0.15) is 11.3 Å². The molecule has 0 atom stereocenters. The van der Waals surface area contributed by atoms with Crippen LogP contribution in [0.25, 0.3) is 21.8 Å². The maximum atomic E-state index is 6.12. The molecule has 30 heavy (non-hydrogen) atoms.